The first-order valence-corrected chi connectivity index (χ1v) is 2.33. The van der Waals surface area contributed by atoms with Crippen molar-refractivity contribution in [2.24, 2.45) is 5.73 Å². The van der Waals surface area contributed by atoms with Gasteiger partial charge in [0, 0.05) is 23.8 Å². The second-order valence-electron chi connectivity index (χ2n) is 1.04. The maximum atomic E-state index is 4.81. The zero-order chi connectivity index (χ0) is 7.66. The topological polar surface area (TPSA) is 26.0 Å². The number of rotatable bonds is 0. The van der Waals surface area contributed by atoms with Crippen LogP contribution >= 0.6 is 0 Å². The predicted octanol–water partition coefficient (Wildman–Crippen LogP) is -0.958. The van der Waals surface area contributed by atoms with Gasteiger partial charge in [-0.3, -0.25) is 0 Å². The second-order valence-corrected chi connectivity index (χ2v) is 1.04. The molecule has 0 aliphatic carbocycles. The molecule has 0 saturated heterocycles. The summed E-state index contributed by atoms with van der Waals surface area (Å²) in [5.74, 6) is 16.3. The van der Waals surface area contributed by atoms with Gasteiger partial charge in [-0.25, -0.2) is 0 Å². The summed E-state index contributed by atoms with van der Waals surface area (Å²) in [4.78, 5) is 0. The molecular weight excluding hydrogens is 121 g/mol. The molecule has 0 rings (SSSR count). The van der Waals surface area contributed by atoms with Gasteiger partial charge in [0.15, 0.2) is 7.85 Å². The van der Waals surface area contributed by atoms with E-state index in [1.54, 1.807) is 0 Å². The lowest BCUT2D eigenvalue weighted by Gasteiger charge is -1.54. The van der Waals surface area contributed by atoms with E-state index >= 15 is 0 Å². The Morgan fingerprint density at radius 2 is 1.30 bits per heavy atom. The predicted molar refractivity (Wildman–Crippen MR) is 41.0 cm³/mol. The summed E-state index contributed by atoms with van der Waals surface area (Å²) in [5, 5.41) is 0. The van der Waals surface area contributed by atoms with Crippen molar-refractivity contribution in [3.8, 4) is 47.4 Å². The molecule has 0 aromatic carbocycles. The van der Waals surface area contributed by atoms with E-state index in [9.17, 15) is 0 Å². The molecule has 0 amide bonds. The van der Waals surface area contributed by atoms with Crippen molar-refractivity contribution in [2.75, 3.05) is 0 Å². The van der Waals surface area contributed by atoms with Gasteiger partial charge in [-0.1, -0.05) is 0 Å². The van der Waals surface area contributed by atoms with Crippen LogP contribution in [0.25, 0.3) is 0 Å². The maximum absolute atomic E-state index is 4.81. The van der Waals surface area contributed by atoms with E-state index in [-0.39, 0.29) is 0 Å². The fourth-order valence-electron chi connectivity index (χ4n) is 0.197. The molecule has 42 valence electrons. The monoisotopic (exact) mass is 123 g/mol. The van der Waals surface area contributed by atoms with Crippen LogP contribution in [-0.4, -0.2) is 7.85 Å². The first-order chi connectivity index (χ1) is 4.91. The highest BCUT2D eigenvalue weighted by molar-refractivity contribution is 6.22. The lowest BCUT2D eigenvalue weighted by atomic mass is 10.2. The Kier molecular flexibility index (Phi) is 5.76. The third-order valence-electron chi connectivity index (χ3n) is 0.457. The van der Waals surface area contributed by atoms with Crippen LogP contribution in [0.2, 0.25) is 0 Å². The van der Waals surface area contributed by atoms with Gasteiger partial charge < -0.3 is 5.73 Å². The summed E-state index contributed by atoms with van der Waals surface area (Å²) in [6.45, 7) is 0. The SMILES string of the molecule is [B]C#CC#CC#CC#CN. The van der Waals surface area contributed by atoms with Crippen molar-refractivity contribution >= 4 is 7.85 Å². The molecule has 0 unspecified atom stereocenters. The molecule has 0 bridgehead atoms. The fourth-order valence-corrected chi connectivity index (χ4v) is 0.197. The summed E-state index contributed by atoms with van der Waals surface area (Å²) < 4.78 is 0. The highest BCUT2D eigenvalue weighted by Crippen LogP contribution is 1.51. The van der Waals surface area contributed by atoms with Gasteiger partial charge in [-0.2, -0.15) is 5.82 Å². The van der Waals surface area contributed by atoms with Crippen LogP contribution in [0.3, 0.4) is 0 Å². The quantitative estimate of drug-likeness (QED) is 0.250. The van der Waals surface area contributed by atoms with Gasteiger partial charge in [0.25, 0.3) is 0 Å². The van der Waals surface area contributed by atoms with Gasteiger partial charge in [0.05, 0.1) is 0 Å². The van der Waals surface area contributed by atoms with Gasteiger partial charge in [-0.05, 0) is 17.8 Å². The first-order valence-electron chi connectivity index (χ1n) is 2.33. The lowest BCUT2D eigenvalue weighted by Crippen LogP contribution is -1.73. The molecule has 10 heavy (non-hydrogen) atoms. The minimum absolute atomic E-state index is 2.11. The highest BCUT2D eigenvalue weighted by atomic mass is 14.4. The van der Waals surface area contributed by atoms with Crippen molar-refractivity contribution in [3.05, 3.63) is 0 Å². The van der Waals surface area contributed by atoms with Crippen LogP contribution < -0.4 is 5.73 Å². The molecule has 0 aromatic heterocycles. The number of nitrogens with two attached hydrogens (primary N) is 1. The van der Waals surface area contributed by atoms with Crippen LogP contribution in [0.1, 0.15) is 0 Å². The van der Waals surface area contributed by atoms with Gasteiger partial charge in [0.1, 0.15) is 0 Å². The van der Waals surface area contributed by atoms with E-state index in [0.717, 1.165) is 0 Å². The molecule has 0 saturated carbocycles. The minimum atomic E-state index is 2.11. The largest absolute Gasteiger partial charge is 0.359 e. The molecule has 2 heteroatoms. The molecule has 1 nitrogen and oxygen atoms in total. The van der Waals surface area contributed by atoms with E-state index < -0.39 is 0 Å². The van der Waals surface area contributed by atoms with E-state index in [1.807, 2.05) is 0 Å². The van der Waals surface area contributed by atoms with Crippen molar-refractivity contribution < 1.29 is 0 Å². The fraction of sp³-hybridized carbons (Fsp3) is 0. The van der Waals surface area contributed by atoms with Gasteiger partial charge in [-0.15, -0.1) is 0 Å². The Bertz CT molecular complexity index is 288. The average molecular weight is 123 g/mol. The van der Waals surface area contributed by atoms with Crippen molar-refractivity contribution in [1.29, 1.82) is 0 Å². The minimum Gasteiger partial charge on any atom is -0.359 e. The van der Waals surface area contributed by atoms with Crippen molar-refractivity contribution in [2.45, 2.75) is 0 Å². The van der Waals surface area contributed by atoms with Crippen LogP contribution in [0.5, 0.6) is 0 Å². The smallest absolute Gasteiger partial charge is 0.189 e. The standard InChI is InChI=1S/C8H2BN/c9-7-5-3-1-2-4-6-8-10/h10H2. The van der Waals surface area contributed by atoms with E-state index in [2.05, 4.69) is 47.4 Å². The van der Waals surface area contributed by atoms with Crippen LogP contribution in [-0.2, 0) is 0 Å². The van der Waals surface area contributed by atoms with Crippen LogP contribution in [0.4, 0.5) is 0 Å². The summed E-state index contributed by atoms with van der Waals surface area (Å²) in [6.07, 6.45) is 0. The van der Waals surface area contributed by atoms with Crippen molar-refractivity contribution in [1.82, 2.24) is 0 Å². The summed E-state index contributed by atoms with van der Waals surface area (Å²) in [7, 11) is 4.81. The highest BCUT2D eigenvalue weighted by Gasteiger charge is 1.52. The first kappa shape index (κ1) is 8.10. The lowest BCUT2D eigenvalue weighted by molar-refractivity contribution is 1.75. The molecule has 0 spiro atoms. The Hall–Kier alpha value is -1.90. The molecule has 0 aliphatic heterocycles. The zero-order valence-electron chi connectivity index (χ0n) is 5.15. The Labute approximate surface area is 61.8 Å². The van der Waals surface area contributed by atoms with Crippen molar-refractivity contribution in [3.63, 3.8) is 0 Å². The maximum Gasteiger partial charge on any atom is 0.189 e. The molecule has 0 atom stereocenters. The van der Waals surface area contributed by atoms with Gasteiger partial charge >= 0.3 is 0 Å². The molecule has 0 aromatic rings. The normalized spacial score (nSPS) is 3.60. The molecular formula is C8H2BN. The zero-order valence-corrected chi connectivity index (χ0v) is 5.15. The van der Waals surface area contributed by atoms with E-state index in [4.69, 9.17) is 13.6 Å². The number of hydrogen-bond acceptors (Lipinski definition) is 1. The van der Waals surface area contributed by atoms with E-state index in [0.29, 0.717) is 0 Å². The molecule has 2 radical (unpaired) electrons. The second kappa shape index (κ2) is 7.10. The summed E-state index contributed by atoms with van der Waals surface area (Å²) >= 11 is 0. The van der Waals surface area contributed by atoms with Gasteiger partial charge in [0.2, 0.25) is 0 Å². The summed E-state index contributed by atoms with van der Waals surface area (Å²) in [6, 6.07) is 2.11. The molecule has 0 aliphatic rings. The molecule has 0 fully saturated rings. The third-order valence-corrected chi connectivity index (χ3v) is 0.457. The van der Waals surface area contributed by atoms with Crippen LogP contribution in [0.15, 0.2) is 0 Å². The van der Waals surface area contributed by atoms with E-state index in [1.165, 1.54) is 0 Å². The Balaban J connectivity index is 3.94. The van der Waals surface area contributed by atoms with Crippen LogP contribution in [0, 0.1) is 47.4 Å². The summed E-state index contributed by atoms with van der Waals surface area (Å²) in [5.41, 5.74) is 4.81. The number of hydrogen-bond donors (Lipinski definition) is 1. The average Bonchev–Trinajstić information content (AvgIpc) is 1.97. The Morgan fingerprint density at radius 3 is 1.80 bits per heavy atom. The third kappa shape index (κ3) is 6.10. The molecule has 0 heterocycles. The Morgan fingerprint density at radius 1 is 0.800 bits per heavy atom. The molecule has 2 N–H and O–H groups in total.